The summed E-state index contributed by atoms with van der Waals surface area (Å²) in [6, 6.07) is 11.6. The van der Waals surface area contributed by atoms with Crippen LogP contribution in [0.3, 0.4) is 0 Å². The molecule has 0 atom stereocenters. The lowest BCUT2D eigenvalue weighted by Crippen LogP contribution is -2.30. The lowest BCUT2D eigenvalue weighted by molar-refractivity contribution is -0.123. The van der Waals surface area contributed by atoms with Crippen LogP contribution in [0.4, 0.5) is 0 Å². The van der Waals surface area contributed by atoms with Gasteiger partial charge in [0.2, 0.25) is 0 Å². The van der Waals surface area contributed by atoms with Gasteiger partial charge in [-0.2, -0.15) is 0 Å². The van der Waals surface area contributed by atoms with Crippen LogP contribution in [0, 0.1) is 13.8 Å². The van der Waals surface area contributed by atoms with E-state index in [4.69, 9.17) is 14.2 Å². The van der Waals surface area contributed by atoms with Crippen LogP contribution in [0.25, 0.3) is 0 Å². The molecule has 0 fully saturated rings. The largest absolute Gasteiger partial charge is 0.493 e. The number of ether oxygens (including phenoxy) is 3. The molecule has 2 rings (SSSR count). The third-order valence-corrected chi connectivity index (χ3v) is 3.94. The predicted molar refractivity (Wildman–Crippen MR) is 97.7 cm³/mol. The number of carbonyl (C=O) groups excluding carboxylic acids is 1. The van der Waals surface area contributed by atoms with Crippen molar-refractivity contribution in [3.05, 3.63) is 53.1 Å². The number of hydrogen-bond donors (Lipinski definition) is 1. The fraction of sp³-hybridized carbons (Fsp3) is 0.350. The zero-order valence-corrected chi connectivity index (χ0v) is 15.2. The third kappa shape index (κ3) is 5.14. The van der Waals surface area contributed by atoms with Gasteiger partial charge < -0.3 is 19.5 Å². The van der Waals surface area contributed by atoms with Gasteiger partial charge in [0.1, 0.15) is 5.75 Å². The monoisotopic (exact) mass is 343 g/mol. The molecule has 0 saturated heterocycles. The molecular weight excluding hydrogens is 318 g/mol. The summed E-state index contributed by atoms with van der Waals surface area (Å²) in [5, 5.41) is 2.87. The topological polar surface area (TPSA) is 56.8 Å². The van der Waals surface area contributed by atoms with Crippen molar-refractivity contribution >= 4 is 5.91 Å². The smallest absolute Gasteiger partial charge is 0.257 e. The predicted octanol–water partition coefficient (Wildman–Crippen LogP) is 3.06. The van der Waals surface area contributed by atoms with Gasteiger partial charge in [-0.25, -0.2) is 0 Å². The maximum absolute atomic E-state index is 12.0. The Morgan fingerprint density at radius 2 is 1.68 bits per heavy atom. The Labute approximate surface area is 148 Å². The SMILES string of the molecule is COc1ccc(CCNC(=O)COc2c(C)cccc2C)cc1OC. The number of rotatable bonds is 8. The molecule has 25 heavy (non-hydrogen) atoms. The first-order chi connectivity index (χ1) is 12.0. The van der Waals surface area contributed by atoms with Crippen molar-refractivity contribution in [2.24, 2.45) is 0 Å². The molecule has 0 radical (unpaired) electrons. The number of nitrogens with one attached hydrogen (secondary N) is 1. The zero-order valence-electron chi connectivity index (χ0n) is 15.2. The van der Waals surface area contributed by atoms with Crippen LogP contribution in [0.5, 0.6) is 17.2 Å². The summed E-state index contributed by atoms with van der Waals surface area (Å²) in [4.78, 5) is 12.0. The van der Waals surface area contributed by atoms with E-state index in [1.807, 2.05) is 50.2 Å². The number of carbonyl (C=O) groups is 1. The molecule has 0 heterocycles. The van der Waals surface area contributed by atoms with Gasteiger partial charge >= 0.3 is 0 Å². The molecule has 1 amide bonds. The molecule has 5 heteroatoms. The fourth-order valence-corrected chi connectivity index (χ4v) is 2.60. The van der Waals surface area contributed by atoms with Gasteiger partial charge in [-0.05, 0) is 49.1 Å². The van der Waals surface area contributed by atoms with E-state index in [-0.39, 0.29) is 12.5 Å². The van der Waals surface area contributed by atoms with E-state index < -0.39 is 0 Å². The standard InChI is InChI=1S/C20H25NO4/c1-14-6-5-7-15(2)20(14)25-13-19(22)21-11-10-16-8-9-17(23-3)18(12-16)24-4/h5-9,12H,10-11,13H2,1-4H3,(H,21,22). The van der Waals surface area contributed by atoms with Gasteiger partial charge in [0.05, 0.1) is 14.2 Å². The van der Waals surface area contributed by atoms with Crippen molar-refractivity contribution in [2.75, 3.05) is 27.4 Å². The van der Waals surface area contributed by atoms with E-state index in [9.17, 15) is 4.79 Å². The Morgan fingerprint density at radius 1 is 1.00 bits per heavy atom. The van der Waals surface area contributed by atoms with Crippen molar-refractivity contribution in [2.45, 2.75) is 20.3 Å². The summed E-state index contributed by atoms with van der Waals surface area (Å²) in [6.07, 6.45) is 0.704. The summed E-state index contributed by atoms with van der Waals surface area (Å²) < 4.78 is 16.1. The van der Waals surface area contributed by atoms with Crippen molar-refractivity contribution in [1.29, 1.82) is 0 Å². The number of benzene rings is 2. The van der Waals surface area contributed by atoms with Gasteiger partial charge in [0, 0.05) is 6.54 Å². The average molecular weight is 343 g/mol. The Bertz CT molecular complexity index is 707. The maximum atomic E-state index is 12.0. The van der Waals surface area contributed by atoms with Crippen molar-refractivity contribution in [3.63, 3.8) is 0 Å². The van der Waals surface area contributed by atoms with Crippen LogP contribution in [-0.2, 0) is 11.2 Å². The third-order valence-electron chi connectivity index (χ3n) is 3.94. The lowest BCUT2D eigenvalue weighted by atomic mass is 10.1. The van der Waals surface area contributed by atoms with E-state index in [2.05, 4.69) is 5.32 Å². The minimum Gasteiger partial charge on any atom is -0.493 e. The highest BCUT2D eigenvalue weighted by atomic mass is 16.5. The van der Waals surface area contributed by atoms with Gasteiger partial charge in [0.15, 0.2) is 18.1 Å². The molecule has 2 aromatic rings. The summed E-state index contributed by atoms with van der Waals surface area (Å²) >= 11 is 0. The van der Waals surface area contributed by atoms with E-state index >= 15 is 0 Å². The van der Waals surface area contributed by atoms with Crippen molar-refractivity contribution in [3.8, 4) is 17.2 Å². The molecule has 0 aliphatic carbocycles. The normalized spacial score (nSPS) is 10.2. The quantitative estimate of drug-likeness (QED) is 0.800. The first-order valence-electron chi connectivity index (χ1n) is 8.21. The van der Waals surface area contributed by atoms with Crippen molar-refractivity contribution in [1.82, 2.24) is 5.32 Å². The van der Waals surface area contributed by atoms with Gasteiger partial charge in [-0.1, -0.05) is 24.3 Å². The zero-order chi connectivity index (χ0) is 18.2. The van der Waals surface area contributed by atoms with Gasteiger partial charge in [-0.15, -0.1) is 0 Å². The Hall–Kier alpha value is -2.69. The second kappa shape index (κ2) is 8.97. The second-order valence-corrected chi connectivity index (χ2v) is 5.80. The highest BCUT2D eigenvalue weighted by molar-refractivity contribution is 5.77. The average Bonchev–Trinajstić information content (AvgIpc) is 2.61. The van der Waals surface area contributed by atoms with Gasteiger partial charge in [0.25, 0.3) is 5.91 Å². The highest BCUT2D eigenvalue weighted by Crippen LogP contribution is 2.27. The van der Waals surface area contributed by atoms with E-state index in [1.54, 1.807) is 14.2 Å². The molecule has 2 aromatic carbocycles. The summed E-state index contributed by atoms with van der Waals surface area (Å²) in [5.41, 5.74) is 3.12. The first-order valence-corrected chi connectivity index (χ1v) is 8.21. The molecule has 1 N–H and O–H groups in total. The lowest BCUT2D eigenvalue weighted by Gasteiger charge is -2.12. The fourth-order valence-electron chi connectivity index (χ4n) is 2.60. The first kappa shape index (κ1) is 18.6. The molecule has 0 unspecified atom stereocenters. The summed E-state index contributed by atoms with van der Waals surface area (Å²) in [5.74, 6) is 2.02. The van der Waals surface area contributed by atoms with Crippen LogP contribution in [0.2, 0.25) is 0 Å². The molecule has 5 nitrogen and oxygen atoms in total. The number of amides is 1. The van der Waals surface area contributed by atoms with E-state index in [0.717, 1.165) is 22.4 Å². The minimum absolute atomic E-state index is 0.0115. The highest BCUT2D eigenvalue weighted by Gasteiger charge is 2.08. The van der Waals surface area contributed by atoms with Gasteiger partial charge in [-0.3, -0.25) is 4.79 Å². The molecule has 0 saturated carbocycles. The van der Waals surface area contributed by atoms with Crippen LogP contribution >= 0.6 is 0 Å². The van der Waals surface area contributed by atoms with E-state index in [1.165, 1.54) is 0 Å². The maximum Gasteiger partial charge on any atom is 0.257 e. The molecule has 134 valence electrons. The molecule has 0 spiro atoms. The Kier molecular flexibility index (Phi) is 6.69. The minimum atomic E-state index is -0.136. The van der Waals surface area contributed by atoms with Crippen LogP contribution in [0.15, 0.2) is 36.4 Å². The van der Waals surface area contributed by atoms with E-state index in [0.29, 0.717) is 24.5 Å². The Balaban J connectivity index is 1.81. The Morgan fingerprint density at radius 3 is 2.32 bits per heavy atom. The van der Waals surface area contributed by atoms with Crippen LogP contribution in [0.1, 0.15) is 16.7 Å². The molecular formula is C20H25NO4. The summed E-state index contributed by atoms with van der Waals surface area (Å²) in [6.45, 7) is 4.48. The molecule has 0 aliphatic rings. The number of hydrogen-bond acceptors (Lipinski definition) is 4. The molecule has 0 aromatic heterocycles. The van der Waals surface area contributed by atoms with Crippen molar-refractivity contribution < 1.29 is 19.0 Å². The number of methoxy groups -OCH3 is 2. The van der Waals surface area contributed by atoms with Crippen LogP contribution in [-0.4, -0.2) is 33.3 Å². The number of aryl methyl sites for hydroxylation is 2. The van der Waals surface area contributed by atoms with Crippen LogP contribution < -0.4 is 19.5 Å². The molecule has 0 bridgehead atoms. The molecule has 0 aliphatic heterocycles. The second-order valence-electron chi connectivity index (χ2n) is 5.80. The summed E-state index contributed by atoms with van der Waals surface area (Å²) in [7, 11) is 3.21. The number of para-hydroxylation sites is 1.